The second kappa shape index (κ2) is 5.63. The largest absolute Gasteiger partial charge is 0.398 e. The first kappa shape index (κ1) is 14.5. The lowest BCUT2D eigenvalue weighted by Gasteiger charge is -2.10. The van der Waals surface area contributed by atoms with E-state index >= 15 is 0 Å². The summed E-state index contributed by atoms with van der Waals surface area (Å²) in [6.45, 7) is 5.68. The van der Waals surface area contributed by atoms with E-state index < -0.39 is 0 Å². The van der Waals surface area contributed by atoms with Crippen molar-refractivity contribution in [3.8, 4) is 0 Å². The smallest absolute Gasteiger partial charge is 0.257 e. The van der Waals surface area contributed by atoms with Crippen molar-refractivity contribution in [3.05, 3.63) is 51.1 Å². The van der Waals surface area contributed by atoms with Crippen LogP contribution in [0.3, 0.4) is 0 Å². The number of nitrogen functional groups attached to an aromatic ring is 1. The summed E-state index contributed by atoms with van der Waals surface area (Å²) in [7, 11) is 0. The van der Waals surface area contributed by atoms with Crippen LogP contribution in [-0.2, 0) is 0 Å². The SMILES string of the molecule is Cc1cc(C)c(C(=O)Nc2ccc(Br)c(C)n2)cc1N. The van der Waals surface area contributed by atoms with E-state index in [1.807, 2.05) is 32.9 Å². The molecule has 1 aromatic heterocycles. The predicted molar refractivity (Wildman–Crippen MR) is 85.0 cm³/mol. The third-order valence-corrected chi connectivity index (χ3v) is 3.96. The van der Waals surface area contributed by atoms with E-state index in [2.05, 4.69) is 26.2 Å². The number of pyridine rings is 1. The lowest BCUT2D eigenvalue weighted by Crippen LogP contribution is -2.15. The molecule has 104 valence electrons. The maximum Gasteiger partial charge on any atom is 0.257 e. The normalized spacial score (nSPS) is 10.4. The molecule has 2 rings (SSSR count). The third-order valence-electron chi connectivity index (χ3n) is 3.12. The van der Waals surface area contributed by atoms with Gasteiger partial charge in [0.1, 0.15) is 5.82 Å². The van der Waals surface area contributed by atoms with Gasteiger partial charge in [-0.2, -0.15) is 0 Å². The molecule has 1 amide bonds. The molecule has 3 N–H and O–H groups in total. The second-order valence-corrected chi connectivity index (χ2v) is 5.60. The molecule has 4 nitrogen and oxygen atoms in total. The van der Waals surface area contributed by atoms with E-state index in [1.165, 1.54) is 0 Å². The molecule has 0 aliphatic carbocycles. The van der Waals surface area contributed by atoms with Crippen LogP contribution in [0.1, 0.15) is 27.2 Å². The summed E-state index contributed by atoms with van der Waals surface area (Å²) in [5, 5.41) is 2.79. The van der Waals surface area contributed by atoms with Crippen molar-refractivity contribution >= 4 is 33.3 Å². The third kappa shape index (κ3) is 2.99. The number of nitrogens with zero attached hydrogens (tertiary/aromatic N) is 1. The maximum atomic E-state index is 12.3. The molecule has 0 spiro atoms. The van der Waals surface area contributed by atoms with Crippen LogP contribution in [0.4, 0.5) is 11.5 Å². The van der Waals surface area contributed by atoms with Crippen LogP contribution in [-0.4, -0.2) is 10.9 Å². The standard InChI is InChI=1S/C15H16BrN3O/c1-8-6-9(2)13(17)7-11(8)15(20)19-14-5-4-12(16)10(3)18-14/h4-7H,17H2,1-3H3,(H,18,19,20). The molecular weight excluding hydrogens is 318 g/mol. The van der Waals surface area contributed by atoms with E-state index in [4.69, 9.17) is 5.73 Å². The summed E-state index contributed by atoms with van der Waals surface area (Å²) in [6, 6.07) is 7.21. The lowest BCUT2D eigenvalue weighted by molar-refractivity contribution is 0.102. The van der Waals surface area contributed by atoms with E-state index in [0.29, 0.717) is 17.1 Å². The molecular formula is C15H16BrN3O. The number of nitrogens with two attached hydrogens (primary N) is 1. The van der Waals surface area contributed by atoms with Gasteiger partial charge < -0.3 is 11.1 Å². The fourth-order valence-electron chi connectivity index (χ4n) is 1.91. The van der Waals surface area contributed by atoms with Gasteiger partial charge in [-0.15, -0.1) is 0 Å². The molecule has 0 fully saturated rings. The summed E-state index contributed by atoms with van der Waals surface area (Å²) in [4.78, 5) is 16.6. The summed E-state index contributed by atoms with van der Waals surface area (Å²) < 4.78 is 0.909. The number of halogens is 1. The molecule has 0 atom stereocenters. The van der Waals surface area contributed by atoms with Gasteiger partial charge in [0.25, 0.3) is 5.91 Å². The average Bonchev–Trinajstić information content (AvgIpc) is 2.38. The number of aryl methyl sites for hydroxylation is 3. The van der Waals surface area contributed by atoms with Crippen LogP contribution >= 0.6 is 15.9 Å². The Morgan fingerprint density at radius 3 is 2.55 bits per heavy atom. The van der Waals surface area contributed by atoms with Crippen LogP contribution in [0.15, 0.2) is 28.7 Å². The Morgan fingerprint density at radius 1 is 1.20 bits per heavy atom. The molecule has 0 bridgehead atoms. The second-order valence-electron chi connectivity index (χ2n) is 4.74. The van der Waals surface area contributed by atoms with E-state index in [1.54, 1.807) is 12.1 Å². The van der Waals surface area contributed by atoms with Crippen molar-refractivity contribution in [2.75, 3.05) is 11.1 Å². The quantitative estimate of drug-likeness (QED) is 0.825. The number of anilines is 2. The minimum Gasteiger partial charge on any atom is -0.398 e. The monoisotopic (exact) mass is 333 g/mol. The van der Waals surface area contributed by atoms with Crippen LogP contribution in [0.2, 0.25) is 0 Å². The Balaban J connectivity index is 2.28. The number of benzene rings is 1. The summed E-state index contributed by atoms with van der Waals surface area (Å²) in [5.74, 6) is 0.317. The number of aromatic nitrogens is 1. The first-order valence-electron chi connectivity index (χ1n) is 6.19. The van der Waals surface area contributed by atoms with Gasteiger partial charge in [0.05, 0.1) is 5.69 Å². The Kier molecular flexibility index (Phi) is 4.09. The number of hydrogen-bond donors (Lipinski definition) is 2. The van der Waals surface area contributed by atoms with Crippen molar-refractivity contribution in [1.82, 2.24) is 4.98 Å². The molecule has 20 heavy (non-hydrogen) atoms. The van der Waals surface area contributed by atoms with E-state index in [-0.39, 0.29) is 5.91 Å². The number of carbonyl (C=O) groups excluding carboxylic acids is 1. The molecule has 0 aliphatic heterocycles. The van der Waals surface area contributed by atoms with Crippen LogP contribution in [0.5, 0.6) is 0 Å². The first-order chi connectivity index (χ1) is 9.38. The number of rotatable bonds is 2. The minimum absolute atomic E-state index is 0.205. The predicted octanol–water partition coefficient (Wildman–Crippen LogP) is 3.60. The van der Waals surface area contributed by atoms with Crippen LogP contribution in [0, 0.1) is 20.8 Å². The molecule has 1 heterocycles. The van der Waals surface area contributed by atoms with Crippen molar-refractivity contribution in [1.29, 1.82) is 0 Å². The van der Waals surface area contributed by atoms with Gasteiger partial charge in [-0.3, -0.25) is 4.79 Å². The average molecular weight is 334 g/mol. The summed E-state index contributed by atoms with van der Waals surface area (Å²) in [6.07, 6.45) is 0. The Hall–Kier alpha value is -1.88. The zero-order valence-corrected chi connectivity index (χ0v) is 13.2. The van der Waals surface area contributed by atoms with Crippen molar-refractivity contribution in [2.24, 2.45) is 0 Å². The first-order valence-corrected chi connectivity index (χ1v) is 6.99. The van der Waals surface area contributed by atoms with Crippen LogP contribution in [0.25, 0.3) is 0 Å². The van der Waals surface area contributed by atoms with Crippen molar-refractivity contribution < 1.29 is 4.79 Å². The zero-order chi connectivity index (χ0) is 14.9. The fourth-order valence-corrected chi connectivity index (χ4v) is 2.13. The Bertz CT molecular complexity index is 683. The number of amides is 1. The van der Waals surface area contributed by atoms with E-state index in [0.717, 1.165) is 21.3 Å². The molecule has 0 unspecified atom stereocenters. The minimum atomic E-state index is -0.205. The van der Waals surface area contributed by atoms with Gasteiger partial charge in [-0.25, -0.2) is 4.98 Å². The zero-order valence-electron chi connectivity index (χ0n) is 11.6. The molecule has 0 radical (unpaired) electrons. The number of carbonyl (C=O) groups is 1. The van der Waals surface area contributed by atoms with Gasteiger partial charge in [0, 0.05) is 15.7 Å². The highest BCUT2D eigenvalue weighted by molar-refractivity contribution is 9.10. The highest BCUT2D eigenvalue weighted by Crippen LogP contribution is 2.20. The highest BCUT2D eigenvalue weighted by atomic mass is 79.9. The molecule has 5 heteroatoms. The summed E-state index contributed by atoms with van der Waals surface area (Å²) in [5.41, 5.74) is 9.72. The molecule has 0 aliphatic rings. The molecule has 1 aromatic carbocycles. The fraction of sp³-hybridized carbons (Fsp3) is 0.200. The maximum absolute atomic E-state index is 12.3. The Labute approximate surface area is 126 Å². The van der Waals surface area contributed by atoms with Crippen molar-refractivity contribution in [3.63, 3.8) is 0 Å². The van der Waals surface area contributed by atoms with Gasteiger partial charge in [0.2, 0.25) is 0 Å². The van der Waals surface area contributed by atoms with Gasteiger partial charge in [-0.05, 0) is 66.0 Å². The topological polar surface area (TPSA) is 68.0 Å². The number of nitrogens with one attached hydrogen (secondary N) is 1. The highest BCUT2D eigenvalue weighted by Gasteiger charge is 2.12. The summed E-state index contributed by atoms with van der Waals surface area (Å²) >= 11 is 3.38. The molecule has 0 saturated carbocycles. The lowest BCUT2D eigenvalue weighted by atomic mass is 10.0. The van der Waals surface area contributed by atoms with Gasteiger partial charge >= 0.3 is 0 Å². The van der Waals surface area contributed by atoms with Gasteiger partial charge in [0.15, 0.2) is 0 Å². The van der Waals surface area contributed by atoms with E-state index in [9.17, 15) is 4.79 Å². The van der Waals surface area contributed by atoms with Crippen LogP contribution < -0.4 is 11.1 Å². The molecule has 2 aromatic rings. The van der Waals surface area contributed by atoms with Gasteiger partial charge in [-0.1, -0.05) is 6.07 Å². The number of hydrogen-bond acceptors (Lipinski definition) is 3. The Morgan fingerprint density at radius 2 is 1.90 bits per heavy atom. The molecule has 0 saturated heterocycles. The van der Waals surface area contributed by atoms with Crippen molar-refractivity contribution in [2.45, 2.75) is 20.8 Å².